The van der Waals surface area contributed by atoms with Crippen molar-refractivity contribution in [1.29, 1.82) is 0 Å². The van der Waals surface area contributed by atoms with Crippen LogP contribution in [0.1, 0.15) is 0 Å². The highest BCUT2D eigenvalue weighted by Gasteiger charge is 2.09. The molecule has 0 spiro atoms. The molecule has 0 aliphatic heterocycles. The Kier molecular flexibility index (Phi) is 2.35. The van der Waals surface area contributed by atoms with E-state index in [4.69, 9.17) is 0 Å². The van der Waals surface area contributed by atoms with Gasteiger partial charge in [-0.25, -0.2) is 0 Å². The molecule has 2 aromatic carbocycles. The van der Waals surface area contributed by atoms with Crippen molar-refractivity contribution in [1.82, 2.24) is 4.98 Å². The molecule has 0 bridgehead atoms. The van der Waals surface area contributed by atoms with Crippen LogP contribution in [0.3, 0.4) is 0 Å². The van der Waals surface area contributed by atoms with Gasteiger partial charge < -0.3 is 0 Å². The Morgan fingerprint density at radius 2 is 1.95 bits per heavy atom. The normalized spacial score (nSPS) is 11.2. The maximum atomic E-state index is 4.22. The molecule has 1 radical (unpaired) electrons. The zero-order valence-electron chi connectivity index (χ0n) is 10.1. The summed E-state index contributed by atoms with van der Waals surface area (Å²) >= 11 is 1.82. The van der Waals surface area contributed by atoms with Gasteiger partial charge in [-0.1, -0.05) is 36.4 Å². The molecule has 2 heteroatoms. The molecule has 89 valence electrons. The summed E-state index contributed by atoms with van der Waals surface area (Å²) in [6, 6.07) is 20.1. The van der Waals surface area contributed by atoms with Gasteiger partial charge in [0.25, 0.3) is 0 Å². The first-order chi connectivity index (χ1) is 9.43. The fourth-order valence-corrected chi connectivity index (χ4v) is 3.63. The number of nitrogens with zero attached hydrogens (tertiary/aromatic N) is 1. The number of hydrogen-bond acceptors (Lipinski definition) is 2. The Labute approximate surface area is 115 Å². The van der Waals surface area contributed by atoms with Crippen LogP contribution in [0.4, 0.5) is 0 Å². The molecule has 0 saturated heterocycles. The van der Waals surface area contributed by atoms with Crippen molar-refractivity contribution >= 4 is 31.5 Å². The SMILES string of the molecule is [c]1ccc(-c2cccnc2)c2sc3ccccc3c12. The summed E-state index contributed by atoms with van der Waals surface area (Å²) in [6.07, 6.45) is 3.72. The second-order valence-electron chi connectivity index (χ2n) is 4.44. The Hall–Kier alpha value is -2.19. The molecule has 2 heterocycles. The van der Waals surface area contributed by atoms with Crippen LogP contribution in [-0.4, -0.2) is 4.98 Å². The Morgan fingerprint density at radius 1 is 1.00 bits per heavy atom. The topological polar surface area (TPSA) is 12.9 Å². The molecular weight excluding hydrogens is 250 g/mol. The molecule has 0 N–H and O–H groups in total. The zero-order valence-corrected chi connectivity index (χ0v) is 10.9. The predicted molar refractivity (Wildman–Crippen MR) is 81.4 cm³/mol. The summed E-state index contributed by atoms with van der Waals surface area (Å²) in [5.41, 5.74) is 2.40. The van der Waals surface area contributed by atoms with Gasteiger partial charge in [0.05, 0.1) is 0 Å². The minimum Gasteiger partial charge on any atom is -0.264 e. The average molecular weight is 260 g/mol. The van der Waals surface area contributed by atoms with Crippen LogP contribution in [0.25, 0.3) is 31.3 Å². The van der Waals surface area contributed by atoms with E-state index in [9.17, 15) is 0 Å². The molecule has 0 amide bonds. The minimum atomic E-state index is 1.16. The quantitative estimate of drug-likeness (QED) is 0.473. The van der Waals surface area contributed by atoms with E-state index in [1.54, 1.807) is 6.20 Å². The van der Waals surface area contributed by atoms with Crippen LogP contribution in [0.15, 0.2) is 60.9 Å². The summed E-state index contributed by atoms with van der Waals surface area (Å²) in [7, 11) is 0. The Bertz CT molecular complexity index is 862. The number of benzene rings is 2. The first-order valence-corrected chi connectivity index (χ1v) is 6.97. The summed E-state index contributed by atoms with van der Waals surface area (Å²) in [4.78, 5) is 4.22. The van der Waals surface area contributed by atoms with Crippen LogP contribution in [0.2, 0.25) is 0 Å². The maximum Gasteiger partial charge on any atom is 0.0440 e. The number of aromatic nitrogens is 1. The van der Waals surface area contributed by atoms with Gasteiger partial charge in [0.2, 0.25) is 0 Å². The van der Waals surface area contributed by atoms with Crippen molar-refractivity contribution in [3.8, 4) is 11.1 Å². The van der Waals surface area contributed by atoms with Crippen molar-refractivity contribution in [2.45, 2.75) is 0 Å². The third-order valence-electron chi connectivity index (χ3n) is 3.29. The van der Waals surface area contributed by atoms with Gasteiger partial charge in [-0.05, 0) is 18.2 Å². The smallest absolute Gasteiger partial charge is 0.0440 e. The number of rotatable bonds is 1. The third kappa shape index (κ3) is 1.65. The molecule has 0 unspecified atom stereocenters. The lowest BCUT2D eigenvalue weighted by atomic mass is 10.0. The van der Waals surface area contributed by atoms with Gasteiger partial charge in [0, 0.05) is 43.7 Å². The molecule has 1 nitrogen and oxygen atoms in total. The number of fused-ring (bicyclic) bond motifs is 3. The van der Waals surface area contributed by atoms with Gasteiger partial charge >= 0.3 is 0 Å². The Morgan fingerprint density at radius 3 is 2.84 bits per heavy atom. The first kappa shape index (κ1) is 10.7. The first-order valence-electron chi connectivity index (χ1n) is 6.16. The molecule has 0 aliphatic rings. The van der Waals surface area contributed by atoms with E-state index in [2.05, 4.69) is 47.4 Å². The maximum absolute atomic E-state index is 4.22. The fraction of sp³-hybridized carbons (Fsp3) is 0. The minimum absolute atomic E-state index is 1.16. The highest BCUT2D eigenvalue weighted by atomic mass is 32.1. The molecule has 4 rings (SSSR count). The Balaban J connectivity index is 2.13. The van der Waals surface area contributed by atoms with Crippen molar-refractivity contribution in [2.24, 2.45) is 0 Å². The molecule has 2 aromatic heterocycles. The van der Waals surface area contributed by atoms with Crippen molar-refractivity contribution in [3.63, 3.8) is 0 Å². The van der Waals surface area contributed by atoms with Crippen molar-refractivity contribution in [2.75, 3.05) is 0 Å². The van der Waals surface area contributed by atoms with Crippen molar-refractivity contribution in [3.05, 3.63) is 67.0 Å². The summed E-state index contributed by atoms with van der Waals surface area (Å²) in [6.45, 7) is 0. The molecule has 19 heavy (non-hydrogen) atoms. The van der Waals surface area contributed by atoms with E-state index in [1.807, 2.05) is 29.7 Å². The molecule has 4 aromatic rings. The van der Waals surface area contributed by atoms with Crippen LogP contribution >= 0.6 is 11.3 Å². The highest BCUT2D eigenvalue weighted by Crippen LogP contribution is 2.38. The lowest BCUT2D eigenvalue weighted by Gasteiger charge is -2.01. The van der Waals surface area contributed by atoms with E-state index in [1.165, 1.54) is 25.7 Å². The molecule has 0 saturated carbocycles. The molecular formula is C17H10NS. The summed E-state index contributed by atoms with van der Waals surface area (Å²) in [5.74, 6) is 0. The van der Waals surface area contributed by atoms with Crippen LogP contribution in [0, 0.1) is 6.07 Å². The standard InChI is InChI=1S/C17H10NS/c1-2-9-16-14(6-1)15-8-3-7-13(17(15)19-16)12-5-4-10-18-11-12/h1-7,9-11H. The van der Waals surface area contributed by atoms with E-state index in [0.717, 1.165) is 5.56 Å². The van der Waals surface area contributed by atoms with Gasteiger partial charge in [0.15, 0.2) is 0 Å². The second-order valence-corrected chi connectivity index (χ2v) is 5.49. The van der Waals surface area contributed by atoms with E-state index in [-0.39, 0.29) is 0 Å². The zero-order chi connectivity index (χ0) is 12.7. The largest absolute Gasteiger partial charge is 0.264 e. The molecule has 0 aliphatic carbocycles. The monoisotopic (exact) mass is 260 g/mol. The lowest BCUT2D eigenvalue weighted by molar-refractivity contribution is 1.33. The van der Waals surface area contributed by atoms with E-state index >= 15 is 0 Å². The van der Waals surface area contributed by atoms with Gasteiger partial charge in [-0.3, -0.25) is 4.98 Å². The van der Waals surface area contributed by atoms with E-state index in [0.29, 0.717) is 0 Å². The third-order valence-corrected chi connectivity index (χ3v) is 4.49. The van der Waals surface area contributed by atoms with Gasteiger partial charge in [-0.15, -0.1) is 11.3 Å². The van der Waals surface area contributed by atoms with Crippen LogP contribution in [-0.2, 0) is 0 Å². The van der Waals surface area contributed by atoms with E-state index < -0.39 is 0 Å². The van der Waals surface area contributed by atoms with Crippen LogP contribution in [0.5, 0.6) is 0 Å². The predicted octanol–water partition coefficient (Wildman–Crippen LogP) is 4.92. The highest BCUT2D eigenvalue weighted by molar-refractivity contribution is 7.26. The van der Waals surface area contributed by atoms with Gasteiger partial charge in [-0.2, -0.15) is 0 Å². The lowest BCUT2D eigenvalue weighted by Crippen LogP contribution is -1.79. The van der Waals surface area contributed by atoms with Crippen molar-refractivity contribution < 1.29 is 0 Å². The summed E-state index contributed by atoms with van der Waals surface area (Å²) < 4.78 is 2.60. The molecule has 0 atom stereocenters. The number of thiophene rings is 1. The number of pyridine rings is 1. The average Bonchev–Trinajstić information content (AvgIpc) is 2.87. The summed E-state index contributed by atoms with van der Waals surface area (Å²) in [5, 5.41) is 2.50. The second kappa shape index (κ2) is 4.18. The van der Waals surface area contributed by atoms with Crippen LogP contribution < -0.4 is 0 Å². The fourth-order valence-electron chi connectivity index (χ4n) is 2.41. The number of hydrogen-bond donors (Lipinski definition) is 0. The molecule has 0 fully saturated rings. The van der Waals surface area contributed by atoms with Gasteiger partial charge in [0.1, 0.15) is 0 Å².